The number of hydrogen-bond acceptors (Lipinski definition) is 4. The van der Waals surface area contributed by atoms with Crippen molar-refractivity contribution in [2.75, 3.05) is 0 Å². The van der Waals surface area contributed by atoms with Crippen LogP contribution in [0.2, 0.25) is 0 Å². The first-order chi connectivity index (χ1) is 7.47. The molecule has 5 nitrogen and oxygen atoms in total. The zero-order chi connectivity index (χ0) is 11.8. The fourth-order valence-electron chi connectivity index (χ4n) is 2.37. The SMILES string of the molecule is Cn1nnc(CS(=O)(=O)Cl)c1C1CCCC1. The lowest BCUT2D eigenvalue weighted by Crippen LogP contribution is -2.07. The lowest BCUT2D eigenvalue weighted by molar-refractivity contribution is 0.601. The highest BCUT2D eigenvalue weighted by Gasteiger charge is 2.26. The third kappa shape index (κ3) is 2.55. The summed E-state index contributed by atoms with van der Waals surface area (Å²) in [6.45, 7) is 0. The van der Waals surface area contributed by atoms with E-state index in [0.29, 0.717) is 11.6 Å². The molecule has 16 heavy (non-hydrogen) atoms. The molecule has 0 amide bonds. The summed E-state index contributed by atoms with van der Waals surface area (Å²) in [5, 5.41) is 7.78. The molecule has 0 unspecified atom stereocenters. The van der Waals surface area contributed by atoms with Crippen LogP contribution in [0, 0.1) is 0 Å². The largest absolute Gasteiger partial charge is 0.252 e. The smallest absolute Gasteiger partial charge is 0.238 e. The minimum atomic E-state index is -3.56. The van der Waals surface area contributed by atoms with E-state index in [9.17, 15) is 8.42 Å². The number of halogens is 1. The molecule has 1 aromatic heterocycles. The van der Waals surface area contributed by atoms with E-state index >= 15 is 0 Å². The van der Waals surface area contributed by atoms with E-state index in [2.05, 4.69) is 10.3 Å². The summed E-state index contributed by atoms with van der Waals surface area (Å²) in [7, 11) is 3.49. The lowest BCUT2D eigenvalue weighted by atomic mass is 10.0. The summed E-state index contributed by atoms with van der Waals surface area (Å²) in [4.78, 5) is 0. The fourth-order valence-corrected chi connectivity index (χ4v) is 3.21. The molecule has 0 bridgehead atoms. The van der Waals surface area contributed by atoms with E-state index in [1.54, 1.807) is 11.7 Å². The Morgan fingerprint density at radius 2 is 2.06 bits per heavy atom. The summed E-state index contributed by atoms with van der Waals surface area (Å²) < 4.78 is 23.8. The number of nitrogens with zero attached hydrogens (tertiary/aromatic N) is 3. The van der Waals surface area contributed by atoms with Crippen molar-refractivity contribution in [2.45, 2.75) is 37.4 Å². The summed E-state index contributed by atoms with van der Waals surface area (Å²) >= 11 is 0. The highest BCUT2D eigenvalue weighted by molar-refractivity contribution is 8.13. The first-order valence-electron chi connectivity index (χ1n) is 5.28. The Balaban J connectivity index is 2.32. The van der Waals surface area contributed by atoms with Crippen molar-refractivity contribution in [3.05, 3.63) is 11.4 Å². The maximum Gasteiger partial charge on any atom is 0.238 e. The lowest BCUT2D eigenvalue weighted by Gasteiger charge is -2.10. The minimum Gasteiger partial charge on any atom is -0.252 e. The molecule has 2 rings (SSSR count). The molecule has 0 aliphatic heterocycles. The standard InChI is InChI=1S/C9H14ClN3O2S/c1-13-9(7-4-2-3-5-7)8(11-12-13)6-16(10,14)15/h7H,2-6H2,1H3. The second-order valence-corrected chi connectivity index (χ2v) is 6.99. The van der Waals surface area contributed by atoms with Crippen LogP contribution in [0.1, 0.15) is 43.0 Å². The van der Waals surface area contributed by atoms with Crippen LogP contribution >= 0.6 is 10.7 Å². The van der Waals surface area contributed by atoms with E-state index < -0.39 is 9.05 Å². The molecule has 0 aromatic carbocycles. The fraction of sp³-hybridized carbons (Fsp3) is 0.778. The van der Waals surface area contributed by atoms with Crippen LogP contribution in [0.3, 0.4) is 0 Å². The van der Waals surface area contributed by atoms with Crippen LogP contribution < -0.4 is 0 Å². The quantitative estimate of drug-likeness (QED) is 0.776. The molecule has 0 atom stereocenters. The maximum atomic E-state index is 11.1. The molecule has 1 fully saturated rings. The van der Waals surface area contributed by atoms with Gasteiger partial charge in [0.1, 0.15) is 11.4 Å². The highest BCUT2D eigenvalue weighted by Crippen LogP contribution is 2.35. The Morgan fingerprint density at radius 1 is 1.44 bits per heavy atom. The average molecular weight is 264 g/mol. The summed E-state index contributed by atoms with van der Waals surface area (Å²) in [5.74, 6) is 0.155. The number of hydrogen-bond donors (Lipinski definition) is 0. The topological polar surface area (TPSA) is 64.8 Å². The van der Waals surface area contributed by atoms with E-state index in [4.69, 9.17) is 10.7 Å². The monoisotopic (exact) mass is 263 g/mol. The van der Waals surface area contributed by atoms with Gasteiger partial charge in [0.25, 0.3) is 0 Å². The highest BCUT2D eigenvalue weighted by atomic mass is 35.7. The van der Waals surface area contributed by atoms with Crippen molar-refractivity contribution in [1.82, 2.24) is 15.0 Å². The summed E-state index contributed by atoms with van der Waals surface area (Å²) in [5.41, 5.74) is 1.44. The number of aromatic nitrogens is 3. The molecule has 1 aliphatic carbocycles. The van der Waals surface area contributed by atoms with E-state index in [1.807, 2.05) is 0 Å². The van der Waals surface area contributed by atoms with E-state index in [1.165, 1.54) is 12.8 Å². The molecule has 1 saturated carbocycles. The van der Waals surface area contributed by atoms with Gasteiger partial charge >= 0.3 is 0 Å². The van der Waals surface area contributed by atoms with Gasteiger partial charge < -0.3 is 0 Å². The van der Waals surface area contributed by atoms with Crippen molar-refractivity contribution in [3.8, 4) is 0 Å². The average Bonchev–Trinajstić information content (AvgIpc) is 2.73. The molecule has 1 aromatic rings. The van der Waals surface area contributed by atoms with Crippen LogP contribution in [-0.4, -0.2) is 23.4 Å². The Kier molecular flexibility index (Phi) is 3.21. The molecular weight excluding hydrogens is 250 g/mol. The van der Waals surface area contributed by atoms with Crippen molar-refractivity contribution in [3.63, 3.8) is 0 Å². The summed E-state index contributed by atoms with van der Waals surface area (Å²) in [6.07, 6.45) is 4.53. The van der Waals surface area contributed by atoms with Gasteiger partial charge in [-0.3, -0.25) is 4.68 Å². The summed E-state index contributed by atoms with van der Waals surface area (Å²) in [6, 6.07) is 0. The second-order valence-electron chi connectivity index (χ2n) is 4.21. The number of rotatable bonds is 3. The van der Waals surface area contributed by atoms with E-state index in [0.717, 1.165) is 18.5 Å². The van der Waals surface area contributed by atoms with Crippen LogP contribution in [-0.2, 0) is 21.9 Å². The first-order valence-corrected chi connectivity index (χ1v) is 7.76. The van der Waals surface area contributed by atoms with Gasteiger partial charge in [0, 0.05) is 23.6 Å². The minimum absolute atomic E-state index is 0.228. The third-order valence-electron chi connectivity index (χ3n) is 2.99. The van der Waals surface area contributed by atoms with Gasteiger partial charge in [-0.2, -0.15) is 0 Å². The molecule has 0 spiro atoms. The third-order valence-corrected chi connectivity index (χ3v) is 3.94. The van der Waals surface area contributed by atoms with Crippen molar-refractivity contribution in [1.29, 1.82) is 0 Å². The molecule has 7 heteroatoms. The van der Waals surface area contributed by atoms with Crippen LogP contribution in [0.25, 0.3) is 0 Å². The van der Waals surface area contributed by atoms with Gasteiger partial charge in [-0.1, -0.05) is 18.1 Å². The van der Waals surface area contributed by atoms with Crippen LogP contribution in [0.15, 0.2) is 0 Å². The van der Waals surface area contributed by atoms with Gasteiger partial charge in [0.05, 0.1) is 5.69 Å². The van der Waals surface area contributed by atoms with Crippen LogP contribution in [0.4, 0.5) is 0 Å². The van der Waals surface area contributed by atoms with Crippen molar-refractivity contribution in [2.24, 2.45) is 7.05 Å². The maximum absolute atomic E-state index is 11.1. The van der Waals surface area contributed by atoms with Crippen molar-refractivity contribution < 1.29 is 8.42 Å². The van der Waals surface area contributed by atoms with Gasteiger partial charge in [0.2, 0.25) is 9.05 Å². The molecule has 0 saturated heterocycles. The normalized spacial score (nSPS) is 18.1. The first kappa shape index (κ1) is 11.9. The molecular formula is C9H14ClN3O2S. The molecule has 0 radical (unpaired) electrons. The molecule has 90 valence electrons. The predicted molar refractivity (Wildman–Crippen MR) is 60.7 cm³/mol. The Labute approximate surface area is 99.2 Å². The Hall–Kier alpha value is -0.620. The van der Waals surface area contributed by atoms with Crippen molar-refractivity contribution >= 4 is 19.7 Å². The second kappa shape index (κ2) is 4.33. The van der Waals surface area contributed by atoms with Gasteiger partial charge in [0.15, 0.2) is 0 Å². The number of aryl methyl sites for hydroxylation is 1. The zero-order valence-electron chi connectivity index (χ0n) is 9.06. The zero-order valence-corrected chi connectivity index (χ0v) is 10.6. The van der Waals surface area contributed by atoms with Gasteiger partial charge in [-0.15, -0.1) is 5.10 Å². The van der Waals surface area contributed by atoms with Gasteiger partial charge in [-0.05, 0) is 12.8 Å². The predicted octanol–water partition coefficient (Wildman–Crippen LogP) is 1.54. The van der Waals surface area contributed by atoms with Crippen LogP contribution in [0.5, 0.6) is 0 Å². The Morgan fingerprint density at radius 3 is 2.62 bits per heavy atom. The van der Waals surface area contributed by atoms with Gasteiger partial charge in [-0.25, -0.2) is 8.42 Å². The molecule has 1 aliphatic rings. The van der Waals surface area contributed by atoms with E-state index in [-0.39, 0.29) is 5.75 Å². The molecule has 0 N–H and O–H groups in total. The molecule has 1 heterocycles. The Bertz CT molecular complexity index is 477.